The van der Waals surface area contributed by atoms with E-state index in [9.17, 15) is 33.9 Å². The van der Waals surface area contributed by atoms with Gasteiger partial charge in [-0.25, -0.2) is 0 Å². The van der Waals surface area contributed by atoms with Crippen molar-refractivity contribution in [3.8, 4) is 5.75 Å². The van der Waals surface area contributed by atoms with Gasteiger partial charge in [0.25, 0.3) is 0 Å². The number of unbranched alkanes of at least 4 members (excludes halogenated alkanes) is 2. The Morgan fingerprint density at radius 1 is 0.609 bits per heavy atom. The van der Waals surface area contributed by atoms with E-state index in [-0.39, 0.29) is 56.8 Å². The van der Waals surface area contributed by atoms with E-state index in [2.05, 4.69) is 36.6 Å². The normalized spacial score (nSPS) is 13.8. The molecule has 4 rings (SSSR count). The third-order valence-electron chi connectivity index (χ3n) is 11.9. The maximum absolute atomic E-state index is 14.5. The molecule has 0 saturated carbocycles. The number of nitrogens with two attached hydrogens (primary N) is 6. The summed E-state index contributed by atoms with van der Waals surface area (Å²) in [5.74, 6) is -4.21. The number of nitrogens with one attached hydrogen (secondary N) is 6. The molecule has 0 aliphatic heterocycles. The van der Waals surface area contributed by atoms with E-state index in [1.165, 1.54) is 0 Å². The number of benzene rings is 3. The third kappa shape index (κ3) is 17.5. The first-order valence-corrected chi connectivity index (χ1v) is 23.4. The van der Waals surface area contributed by atoms with Crippen LogP contribution in [0.25, 0.3) is 10.9 Å². The van der Waals surface area contributed by atoms with Crippen LogP contribution in [0.5, 0.6) is 5.75 Å². The predicted molar refractivity (Wildman–Crippen MR) is 266 cm³/mol. The van der Waals surface area contributed by atoms with Crippen molar-refractivity contribution in [2.75, 3.05) is 19.6 Å². The Hall–Kier alpha value is -7.03. The number of aromatic nitrogens is 1. The topological polar surface area (TPSA) is 367 Å². The zero-order chi connectivity index (χ0) is 50.5. The number of aromatic hydroxyl groups is 1. The van der Waals surface area contributed by atoms with Crippen LogP contribution in [0.2, 0.25) is 0 Å². The highest BCUT2D eigenvalue weighted by atomic mass is 16.3. The Bertz CT molecular complexity index is 2350. The Balaban J connectivity index is 1.60. The molecule has 19 N–H and O–H groups in total. The molecule has 0 bridgehead atoms. The molecule has 1 aromatic heterocycles. The maximum Gasteiger partial charge on any atom is 0.243 e. The summed E-state index contributed by atoms with van der Waals surface area (Å²) >= 11 is 0. The molecule has 0 unspecified atom stereocenters. The van der Waals surface area contributed by atoms with Gasteiger partial charge in [0.2, 0.25) is 35.4 Å². The number of amides is 6. The minimum atomic E-state index is -1.26. The summed E-state index contributed by atoms with van der Waals surface area (Å²) in [4.78, 5) is 90.7. The van der Waals surface area contributed by atoms with Crippen LogP contribution in [0.15, 0.2) is 77.9 Å². The van der Waals surface area contributed by atoms with Crippen LogP contribution in [0.4, 0.5) is 0 Å². The number of phenolic OH excluding ortho intramolecular Hbond substituents is 1. The fourth-order valence-corrected chi connectivity index (χ4v) is 8.05. The molecule has 0 saturated heterocycles. The lowest BCUT2D eigenvalue weighted by atomic mass is 9.95. The number of carbonyl (C=O) groups is 6. The van der Waals surface area contributed by atoms with Crippen molar-refractivity contribution >= 4 is 52.3 Å². The van der Waals surface area contributed by atoms with Crippen LogP contribution < -0.4 is 61.0 Å². The molecule has 4 aromatic rings. The summed E-state index contributed by atoms with van der Waals surface area (Å²) in [6, 6.07) is 12.5. The van der Waals surface area contributed by atoms with Gasteiger partial charge >= 0.3 is 0 Å². The summed E-state index contributed by atoms with van der Waals surface area (Å²) in [5.41, 5.74) is 38.8. The third-order valence-corrected chi connectivity index (χ3v) is 11.9. The van der Waals surface area contributed by atoms with Gasteiger partial charge in [-0.2, -0.15) is 0 Å². The largest absolute Gasteiger partial charge is 0.508 e. The maximum atomic E-state index is 14.5. The number of rotatable bonds is 29. The lowest BCUT2D eigenvalue weighted by molar-refractivity contribution is -0.135. The molecule has 20 heteroatoms. The summed E-state index contributed by atoms with van der Waals surface area (Å²) in [6.45, 7) is 4.42. The molecule has 0 aliphatic carbocycles. The number of H-pyrrole nitrogens is 1. The van der Waals surface area contributed by atoms with Crippen molar-refractivity contribution in [2.45, 2.75) is 121 Å². The molecule has 6 amide bonds. The van der Waals surface area contributed by atoms with Crippen molar-refractivity contribution in [2.24, 2.45) is 39.4 Å². The molecule has 0 fully saturated rings. The van der Waals surface area contributed by atoms with Gasteiger partial charge in [0.1, 0.15) is 36.0 Å². The molecule has 0 aliphatic rings. The molecule has 6 atom stereocenters. The number of aromatic amines is 1. The minimum absolute atomic E-state index is 0.00263. The lowest BCUT2D eigenvalue weighted by Crippen LogP contribution is -2.60. The average molecular weight is 954 g/mol. The zero-order valence-corrected chi connectivity index (χ0v) is 39.6. The number of para-hydroxylation sites is 1. The predicted octanol–water partition coefficient (Wildman–Crippen LogP) is 0.0664. The second kappa shape index (κ2) is 27.7. The number of primary amides is 1. The van der Waals surface area contributed by atoms with Crippen LogP contribution in [0.1, 0.15) is 79.2 Å². The van der Waals surface area contributed by atoms with E-state index in [4.69, 9.17) is 34.4 Å². The number of hydrogen-bond donors (Lipinski definition) is 13. The first kappa shape index (κ1) is 54.6. The van der Waals surface area contributed by atoms with Crippen molar-refractivity contribution in [1.82, 2.24) is 31.6 Å². The van der Waals surface area contributed by atoms with Gasteiger partial charge in [0, 0.05) is 42.9 Å². The SMILES string of the molecule is Cc1cc(O)cc(C)c1C[C@H](NC(=O)[C@H](N)CCCN=C(N)N)C(=O)N[C@@H](CCCCN)C(=O)N[C@@H](Cc1ccccc1)C(=O)N[C@@H](CCCCN)C(=O)N[C@@H](Cc1c[nH]c2ccccc12)C(N)=O. The van der Waals surface area contributed by atoms with Crippen LogP contribution in [0, 0.1) is 13.8 Å². The van der Waals surface area contributed by atoms with Crippen molar-refractivity contribution in [3.05, 3.63) is 101 Å². The number of fused-ring (bicyclic) bond motifs is 1. The first-order valence-electron chi connectivity index (χ1n) is 23.4. The molecular weight excluding hydrogens is 883 g/mol. The van der Waals surface area contributed by atoms with Gasteiger partial charge in [0.15, 0.2) is 5.96 Å². The standard InChI is InChI=1S/C49H71N13O7/c1-29-23-33(63)24-30(2)35(29)27-42(61-44(65)36(52)16-12-22-56-49(54)55)48(69)59-39(19-9-11-21-51)46(67)62-41(25-31-13-4-3-5-14-31)47(68)58-38(18-8-10-20-50)45(66)60-40(43(53)64)26-32-28-57-37-17-7-6-15-34(32)37/h3-7,13-15,17,23-24,28,36,38-42,57,63H,8-12,16,18-22,25-27,50-52H2,1-2H3,(H2,53,64)(H,58,68)(H,59,69)(H,60,66)(H,61,65)(H,62,67)(H4,54,55,56)/t36-,38+,39+,40+,41+,42+/m1/s1. The van der Waals surface area contributed by atoms with Gasteiger partial charge < -0.3 is 71.1 Å². The molecule has 1 heterocycles. The summed E-state index contributed by atoms with van der Waals surface area (Å²) in [6.07, 6.45) is 4.62. The highest BCUT2D eigenvalue weighted by Gasteiger charge is 2.33. The average Bonchev–Trinajstić information content (AvgIpc) is 3.72. The summed E-state index contributed by atoms with van der Waals surface area (Å²) in [5, 5.41) is 25.1. The van der Waals surface area contributed by atoms with Crippen LogP contribution in [-0.4, -0.2) is 107 Å². The lowest BCUT2D eigenvalue weighted by Gasteiger charge is -2.28. The minimum Gasteiger partial charge on any atom is -0.508 e. The van der Waals surface area contributed by atoms with Gasteiger partial charge in [-0.3, -0.25) is 33.8 Å². The number of phenols is 1. The smallest absolute Gasteiger partial charge is 0.243 e. The molecule has 374 valence electrons. The first-order chi connectivity index (χ1) is 33.0. The van der Waals surface area contributed by atoms with Crippen molar-refractivity contribution in [3.63, 3.8) is 0 Å². The number of aryl methyl sites for hydroxylation is 2. The van der Waals surface area contributed by atoms with Crippen molar-refractivity contribution in [1.29, 1.82) is 0 Å². The number of guanidine groups is 1. The van der Waals surface area contributed by atoms with Crippen LogP contribution >= 0.6 is 0 Å². The fraction of sp³-hybridized carbons (Fsp3) is 0.449. The quantitative estimate of drug-likeness (QED) is 0.0195. The molecule has 3 aromatic carbocycles. The van der Waals surface area contributed by atoms with E-state index in [1.54, 1.807) is 62.5 Å². The second-order valence-electron chi connectivity index (χ2n) is 17.3. The van der Waals surface area contributed by atoms with Gasteiger partial charge in [-0.15, -0.1) is 0 Å². The number of aliphatic imine (C=N–C) groups is 1. The molecule has 0 spiro atoms. The molecule has 20 nitrogen and oxygen atoms in total. The van der Waals surface area contributed by atoms with Gasteiger partial charge in [-0.05, 0) is 124 Å². The van der Waals surface area contributed by atoms with Crippen LogP contribution in [-0.2, 0) is 48.0 Å². The second-order valence-corrected chi connectivity index (χ2v) is 17.3. The zero-order valence-electron chi connectivity index (χ0n) is 39.6. The van der Waals surface area contributed by atoms with E-state index >= 15 is 0 Å². The van der Waals surface area contributed by atoms with Gasteiger partial charge in [-0.1, -0.05) is 48.5 Å². The number of carbonyl (C=O) groups excluding carboxylic acids is 6. The molecule has 69 heavy (non-hydrogen) atoms. The molecule has 0 radical (unpaired) electrons. The van der Waals surface area contributed by atoms with E-state index in [1.807, 2.05) is 24.3 Å². The highest BCUT2D eigenvalue weighted by molar-refractivity contribution is 5.97. The Kier molecular flexibility index (Phi) is 21.9. The Morgan fingerprint density at radius 2 is 1.12 bits per heavy atom. The van der Waals surface area contributed by atoms with E-state index in [0.29, 0.717) is 67.4 Å². The van der Waals surface area contributed by atoms with E-state index < -0.39 is 71.7 Å². The fourth-order valence-electron chi connectivity index (χ4n) is 8.05. The molecular formula is C49H71N13O7. The number of nitrogens with zero attached hydrogens (tertiary/aromatic N) is 1. The monoisotopic (exact) mass is 954 g/mol. The highest BCUT2D eigenvalue weighted by Crippen LogP contribution is 2.23. The Morgan fingerprint density at radius 3 is 1.68 bits per heavy atom. The summed E-state index contributed by atoms with van der Waals surface area (Å²) in [7, 11) is 0. The Labute approximate surface area is 402 Å². The van der Waals surface area contributed by atoms with Crippen LogP contribution in [0.3, 0.4) is 0 Å². The van der Waals surface area contributed by atoms with Gasteiger partial charge in [0.05, 0.1) is 6.04 Å². The van der Waals surface area contributed by atoms with E-state index in [0.717, 1.165) is 16.5 Å². The van der Waals surface area contributed by atoms with Crippen molar-refractivity contribution < 1.29 is 33.9 Å². The number of hydrogen-bond acceptors (Lipinski definition) is 11. The summed E-state index contributed by atoms with van der Waals surface area (Å²) < 4.78 is 0.